The van der Waals surface area contributed by atoms with Gasteiger partial charge in [-0.2, -0.15) is 0 Å². The summed E-state index contributed by atoms with van der Waals surface area (Å²) in [6.45, 7) is 6.19. The molecule has 1 heterocycles. The van der Waals surface area contributed by atoms with Gasteiger partial charge in [-0.15, -0.1) is 11.6 Å². The SMILES string of the molecule is COCOc1cc2c(c3ccccc13)[C@H](CCl)CN2C(=O)OC(C)(C)C. The molecule has 3 rings (SSSR count). The zero-order valence-corrected chi connectivity index (χ0v) is 16.3. The van der Waals surface area contributed by atoms with Gasteiger partial charge in [0.2, 0.25) is 0 Å². The van der Waals surface area contributed by atoms with Crippen LogP contribution >= 0.6 is 11.6 Å². The van der Waals surface area contributed by atoms with Gasteiger partial charge in [0.05, 0.1) is 5.69 Å². The lowest BCUT2D eigenvalue weighted by molar-refractivity contribution is 0.0522. The quantitative estimate of drug-likeness (QED) is 0.561. The van der Waals surface area contributed by atoms with Crippen LogP contribution in [-0.2, 0) is 9.47 Å². The second kappa shape index (κ2) is 7.33. The van der Waals surface area contributed by atoms with E-state index in [0.29, 0.717) is 18.2 Å². The fourth-order valence-corrected chi connectivity index (χ4v) is 3.52. The van der Waals surface area contributed by atoms with Crippen molar-refractivity contribution in [1.29, 1.82) is 0 Å². The first-order chi connectivity index (χ1) is 12.4. The lowest BCUT2D eigenvalue weighted by Gasteiger charge is -2.25. The second-order valence-corrected chi connectivity index (χ2v) is 7.65. The summed E-state index contributed by atoms with van der Waals surface area (Å²) < 4.78 is 16.4. The first kappa shape index (κ1) is 18.8. The standard InChI is InChI=1S/C20H24ClNO4/c1-20(2,3)26-19(23)22-11-13(10-21)18-15-8-6-5-7-14(15)17(9-16(18)22)25-12-24-4/h5-9,13H,10-12H2,1-4H3/t13-/m1/s1. The molecule has 0 radical (unpaired) electrons. The monoisotopic (exact) mass is 377 g/mol. The van der Waals surface area contributed by atoms with Crippen LogP contribution in [0.25, 0.3) is 10.8 Å². The fourth-order valence-electron chi connectivity index (χ4n) is 3.27. The van der Waals surface area contributed by atoms with Crippen molar-refractivity contribution in [2.24, 2.45) is 0 Å². The third-order valence-electron chi connectivity index (χ3n) is 4.26. The molecule has 2 aromatic carbocycles. The van der Waals surface area contributed by atoms with Crippen molar-refractivity contribution in [1.82, 2.24) is 0 Å². The van der Waals surface area contributed by atoms with Gasteiger partial charge in [0.1, 0.15) is 11.4 Å². The van der Waals surface area contributed by atoms with Crippen LogP contribution in [0.4, 0.5) is 10.5 Å². The molecular weight excluding hydrogens is 354 g/mol. The third kappa shape index (κ3) is 3.60. The van der Waals surface area contributed by atoms with Crippen molar-refractivity contribution in [3.8, 4) is 5.75 Å². The van der Waals surface area contributed by atoms with Gasteiger partial charge in [-0.3, -0.25) is 4.90 Å². The van der Waals surface area contributed by atoms with Crippen molar-refractivity contribution in [2.45, 2.75) is 32.3 Å². The van der Waals surface area contributed by atoms with E-state index in [2.05, 4.69) is 0 Å². The molecule has 26 heavy (non-hydrogen) atoms. The maximum Gasteiger partial charge on any atom is 0.414 e. The van der Waals surface area contributed by atoms with Gasteiger partial charge in [0, 0.05) is 36.9 Å². The van der Waals surface area contributed by atoms with E-state index < -0.39 is 5.60 Å². The highest BCUT2D eigenvalue weighted by Gasteiger charge is 2.36. The molecule has 1 atom stereocenters. The van der Waals surface area contributed by atoms with Crippen LogP contribution in [0.2, 0.25) is 0 Å². The maximum atomic E-state index is 12.7. The van der Waals surface area contributed by atoms with Gasteiger partial charge in [-0.25, -0.2) is 4.79 Å². The zero-order valence-electron chi connectivity index (χ0n) is 15.5. The number of anilines is 1. The number of alkyl halides is 1. The van der Waals surface area contributed by atoms with Crippen molar-refractivity contribution >= 4 is 34.2 Å². The summed E-state index contributed by atoms with van der Waals surface area (Å²) in [4.78, 5) is 14.4. The number of fused-ring (bicyclic) bond motifs is 3. The Hall–Kier alpha value is -1.98. The Morgan fingerprint density at radius 3 is 2.58 bits per heavy atom. The molecule has 0 N–H and O–H groups in total. The van der Waals surface area contributed by atoms with Gasteiger partial charge in [-0.05, 0) is 31.7 Å². The van der Waals surface area contributed by atoms with Crippen LogP contribution in [0.3, 0.4) is 0 Å². The van der Waals surface area contributed by atoms with Crippen LogP contribution in [0, 0.1) is 0 Å². The molecule has 1 aliphatic rings. The first-order valence-electron chi connectivity index (χ1n) is 8.59. The van der Waals surface area contributed by atoms with E-state index >= 15 is 0 Å². The van der Waals surface area contributed by atoms with Crippen LogP contribution in [0.5, 0.6) is 5.75 Å². The van der Waals surface area contributed by atoms with Crippen LogP contribution in [-0.4, -0.2) is 38.0 Å². The average molecular weight is 378 g/mol. The highest BCUT2D eigenvalue weighted by molar-refractivity contribution is 6.19. The Bertz CT molecular complexity index is 815. The second-order valence-electron chi connectivity index (χ2n) is 7.35. The number of hydrogen-bond donors (Lipinski definition) is 0. The van der Waals surface area contributed by atoms with Crippen molar-refractivity contribution in [3.63, 3.8) is 0 Å². The molecule has 0 unspecified atom stereocenters. The smallest absolute Gasteiger partial charge is 0.414 e. The summed E-state index contributed by atoms with van der Waals surface area (Å²) in [6, 6.07) is 9.86. The average Bonchev–Trinajstić information content (AvgIpc) is 2.97. The van der Waals surface area contributed by atoms with E-state index in [1.165, 1.54) is 0 Å². The molecule has 6 heteroatoms. The molecule has 1 amide bonds. The van der Waals surface area contributed by atoms with Crippen molar-refractivity contribution in [2.75, 3.05) is 31.2 Å². The van der Waals surface area contributed by atoms with E-state index in [-0.39, 0.29) is 18.8 Å². The molecule has 0 aliphatic carbocycles. The summed E-state index contributed by atoms with van der Waals surface area (Å²) >= 11 is 6.23. The molecule has 140 valence electrons. The Labute approximate surface area is 158 Å². The topological polar surface area (TPSA) is 48.0 Å². The van der Waals surface area contributed by atoms with Gasteiger partial charge in [0.15, 0.2) is 6.79 Å². The minimum absolute atomic E-state index is 0.0422. The van der Waals surface area contributed by atoms with Gasteiger partial charge < -0.3 is 14.2 Å². The van der Waals surface area contributed by atoms with E-state index in [4.69, 9.17) is 25.8 Å². The predicted octanol–water partition coefficient (Wildman–Crippen LogP) is 4.90. The minimum atomic E-state index is -0.567. The Morgan fingerprint density at radius 1 is 1.27 bits per heavy atom. The number of ether oxygens (including phenoxy) is 3. The van der Waals surface area contributed by atoms with Gasteiger partial charge in [0.25, 0.3) is 0 Å². The first-order valence-corrected chi connectivity index (χ1v) is 9.13. The number of rotatable bonds is 4. The van der Waals surface area contributed by atoms with Gasteiger partial charge in [-0.1, -0.05) is 24.3 Å². The van der Waals surface area contributed by atoms with E-state index in [0.717, 1.165) is 22.0 Å². The Balaban J connectivity index is 2.12. The minimum Gasteiger partial charge on any atom is -0.467 e. The molecule has 0 bridgehead atoms. The van der Waals surface area contributed by atoms with E-state index in [9.17, 15) is 4.79 Å². The van der Waals surface area contributed by atoms with E-state index in [1.54, 1.807) is 12.0 Å². The fraction of sp³-hybridized carbons (Fsp3) is 0.450. The lowest BCUT2D eigenvalue weighted by Crippen LogP contribution is -2.36. The van der Waals surface area contributed by atoms with Crippen molar-refractivity contribution < 1.29 is 19.0 Å². The molecule has 0 saturated carbocycles. The molecule has 5 nitrogen and oxygen atoms in total. The van der Waals surface area contributed by atoms with Crippen LogP contribution in [0.1, 0.15) is 32.3 Å². The third-order valence-corrected chi connectivity index (χ3v) is 4.63. The Kier molecular flexibility index (Phi) is 5.30. The summed E-state index contributed by atoms with van der Waals surface area (Å²) in [6.07, 6.45) is -0.376. The number of hydrogen-bond acceptors (Lipinski definition) is 4. The zero-order chi connectivity index (χ0) is 18.9. The molecule has 0 fully saturated rings. The number of carbonyl (C=O) groups excluding carboxylic acids is 1. The molecule has 0 spiro atoms. The highest BCUT2D eigenvalue weighted by Crippen LogP contribution is 2.45. The lowest BCUT2D eigenvalue weighted by atomic mass is 9.95. The van der Waals surface area contributed by atoms with Gasteiger partial charge >= 0.3 is 6.09 Å². The number of halogens is 1. The maximum absolute atomic E-state index is 12.7. The number of nitrogens with zero attached hydrogens (tertiary/aromatic N) is 1. The van der Waals surface area contributed by atoms with Crippen LogP contribution in [0.15, 0.2) is 30.3 Å². The number of carbonyl (C=O) groups is 1. The largest absolute Gasteiger partial charge is 0.467 e. The molecule has 2 aromatic rings. The number of benzene rings is 2. The molecule has 0 saturated heterocycles. The molecule has 0 aromatic heterocycles. The van der Waals surface area contributed by atoms with Crippen molar-refractivity contribution in [3.05, 3.63) is 35.9 Å². The highest BCUT2D eigenvalue weighted by atomic mass is 35.5. The summed E-state index contributed by atoms with van der Waals surface area (Å²) in [7, 11) is 1.58. The molecule has 1 aliphatic heterocycles. The Morgan fingerprint density at radius 2 is 1.96 bits per heavy atom. The number of amides is 1. The predicted molar refractivity (Wildman–Crippen MR) is 103 cm³/mol. The number of methoxy groups -OCH3 is 1. The summed E-state index contributed by atoms with van der Waals surface area (Å²) in [5.74, 6) is 1.14. The summed E-state index contributed by atoms with van der Waals surface area (Å²) in [5, 5.41) is 2.01. The normalized spacial score (nSPS) is 16.7. The van der Waals surface area contributed by atoms with Crippen LogP contribution < -0.4 is 9.64 Å². The van der Waals surface area contributed by atoms with E-state index in [1.807, 2.05) is 51.1 Å². The molecular formula is C20H24ClNO4. The summed E-state index contributed by atoms with van der Waals surface area (Å²) in [5.41, 5.74) is 1.28.